The molecule has 186 valence electrons. The van der Waals surface area contributed by atoms with Crippen molar-refractivity contribution in [3.05, 3.63) is 119 Å². The van der Waals surface area contributed by atoms with E-state index in [0.717, 1.165) is 28.1 Å². The molecule has 2 aromatic heterocycles. The Kier molecular flexibility index (Phi) is 6.77. The van der Waals surface area contributed by atoms with Gasteiger partial charge in [-0.05, 0) is 71.6 Å². The lowest BCUT2D eigenvalue weighted by Crippen LogP contribution is -2.14. The van der Waals surface area contributed by atoms with Gasteiger partial charge in [-0.25, -0.2) is 13.2 Å². The first-order chi connectivity index (χ1) is 17.9. The number of pyridine rings is 1. The number of aromatic nitrogens is 2. The topological polar surface area (TPSA) is 66.0 Å². The van der Waals surface area contributed by atoms with Gasteiger partial charge in [0.1, 0.15) is 29.0 Å². The minimum absolute atomic E-state index is 0.0643. The number of phenols is 1. The van der Waals surface area contributed by atoms with Crippen molar-refractivity contribution in [2.24, 2.45) is 0 Å². The Morgan fingerprint density at radius 1 is 0.919 bits per heavy atom. The summed E-state index contributed by atoms with van der Waals surface area (Å²) in [4.78, 5) is 21.0. The average molecular weight is 501 g/mol. The molecule has 3 aromatic carbocycles. The van der Waals surface area contributed by atoms with E-state index in [-0.39, 0.29) is 36.6 Å². The number of nitrogens with zero attached hydrogens (tertiary/aromatic N) is 1. The number of carbonyl (C=O) groups is 1. The Morgan fingerprint density at radius 3 is 2.43 bits per heavy atom. The number of nitrogens with one attached hydrogen (secondary N) is 1. The van der Waals surface area contributed by atoms with E-state index < -0.39 is 17.6 Å². The van der Waals surface area contributed by atoms with Gasteiger partial charge in [0.15, 0.2) is 0 Å². The number of Topliss-reactive ketones (excluding diaryl/α,β-unsaturated/α-hetero) is 1. The van der Waals surface area contributed by atoms with Gasteiger partial charge in [0.2, 0.25) is 0 Å². The van der Waals surface area contributed by atoms with Crippen molar-refractivity contribution >= 4 is 16.7 Å². The third-order valence-electron chi connectivity index (χ3n) is 6.40. The highest BCUT2D eigenvalue weighted by Gasteiger charge is 2.23. The molecular weight excluding hydrogens is 477 g/mol. The van der Waals surface area contributed by atoms with E-state index in [4.69, 9.17) is 0 Å². The molecular formula is C30H23F3N2O2. The standard InChI is InChI=1S/C30H23F3N2O2/c31-22-5-3-19(4-6-22)27-2-1-9-34-30(27)20(10-18-11-23(32)15-24(33)12-18)13-26(37)14-21-17-35-29-8-7-25(36)16-28(21)29/h1-9,11-12,15-17,20,35-36H,10,13-14H2/t20-/m1/s1. The number of fused-ring (bicyclic) bond motifs is 1. The summed E-state index contributed by atoms with van der Waals surface area (Å²) in [6.07, 6.45) is 3.70. The van der Waals surface area contributed by atoms with Gasteiger partial charge in [0, 0.05) is 53.7 Å². The van der Waals surface area contributed by atoms with Gasteiger partial charge < -0.3 is 10.1 Å². The van der Waals surface area contributed by atoms with E-state index in [1.807, 2.05) is 6.07 Å². The molecule has 2 N–H and O–H groups in total. The number of benzene rings is 3. The third kappa shape index (κ3) is 5.56. The van der Waals surface area contributed by atoms with Crippen LogP contribution in [-0.4, -0.2) is 20.9 Å². The molecule has 0 saturated carbocycles. The molecule has 5 rings (SSSR count). The van der Waals surface area contributed by atoms with Crippen LogP contribution in [-0.2, 0) is 17.6 Å². The predicted octanol–water partition coefficient (Wildman–Crippen LogP) is 6.88. The molecule has 2 heterocycles. The Balaban J connectivity index is 1.49. The van der Waals surface area contributed by atoms with E-state index >= 15 is 0 Å². The van der Waals surface area contributed by atoms with E-state index in [0.29, 0.717) is 16.8 Å². The molecule has 7 heteroatoms. The minimum atomic E-state index is -0.696. The summed E-state index contributed by atoms with van der Waals surface area (Å²) in [5, 5.41) is 10.6. The summed E-state index contributed by atoms with van der Waals surface area (Å²) in [5.41, 5.74) is 3.97. The largest absolute Gasteiger partial charge is 0.508 e. The van der Waals surface area contributed by atoms with Crippen molar-refractivity contribution in [3.8, 4) is 16.9 Å². The second kappa shape index (κ2) is 10.3. The van der Waals surface area contributed by atoms with Gasteiger partial charge in [-0.15, -0.1) is 0 Å². The quantitative estimate of drug-likeness (QED) is 0.244. The first-order valence-corrected chi connectivity index (χ1v) is 11.8. The van der Waals surface area contributed by atoms with Crippen LogP contribution in [0.25, 0.3) is 22.0 Å². The van der Waals surface area contributed by atoms with Crippen molar-refractivity contribution < 1.29 is 23.1 Å². The second-order valence-electron chi connectivity index (χ2n) is 9.09. The highest BCUT2D eigenvalue weighted by atomic mass is 19.1. The summed E-state index contributed by atoms with van der Waals surface area (Å²) >= 11 is 0. The van der Waals surface area contributed by atoms with E-state index in [1.165, 1.54) is 24.3 Å². The lowest BCUT2D eigenvalue weighted by molar-refractivity contribution is -0.118. The van der Waals surface area contributed by atoms with Gasteiger partial charge in [-0.1, -0.05) is 18.2 Å². The van der Waals surface area contributed by atoms with Crippen LogP contribution >= 0.6 is 0 Å². The number of hydrogen-bond donors (Lipinski definition) is 2. The summed E-state index contributed by atoms with van der Waals surface area (Å²) in [6.45, 7) is 0. The van der Waals surface area contributed by atoms with Gasteiger partial charge in [0.25, 0.3) is 0 Å². The maximum atomic E-state index is 14.0. The second-order valence-corrected chi connectivity index (χ2v) is 9.09. The molecule has 0 radical (unpaired) electrons. The summed E-state index contributed by atoms with van der Waals surface area (Å²) in [5.74, 6) is -2.25. The zero-order chi connectivity index (χ0) is 25.9. The Morgan fingerprint density at radius 2 is 1.68 bits per heavy atom. The zero-order valence-electron chi connectivity index (χ0n) is 19.7. The van der Waals surface area contributed by atoms with Crippen LogP contribution < -0.4 is 0 Å². The van der Waals surface area contributed by atoms with E-state index in [1.54, 1.807) is 48.8 Å². The fraction of sp³-hybridized carbons (Fsp3) is 0.133. The fourth-order valence-electron chi connectivity index (χ4n) is 4.77. The maximum absolute atomic E-state index is 14.0. The SMILES string of the molecule is O=C(Cc1c[nH]c2ccc(O)cc12)C[C@@H](Cc1cc(F)cc(F)c1)c1ncccc1-c1ccc(F)cc1. The molecule has 0 unspecified atom stereocenters. The highest BCUT2D eigenvalue weighted by Crippen LogP contribution is 2.33. The number of phenolic OH excluding ortho intramolecular Hbond substituents is 1. The minimum Gasteiger partial charge on any atom is -0.508 e. The van der Waals surface area contributed by atoms with Crippen molar-refractivity contribution in [2.75, 3.05) is 0 Å². The van der Waals surface area contributed by atoms with E-state index in [2.05, 4.69) is 9.97 Å². The predicted molar refractivity (Wildman–Crippen MR) is 136 cm³/mol. The average Bonchev–Trinajstić information content (AvgIpc) is 3.25. The molecule has 0 aliphatic heterocycles. The number of halogens is 3. The smallest absolute Gasteiger partial charge is 0.138 e. The number of hydrogen-bond acceptors (Lipinski definition) is 3. The molecule has 5 aromatic rings. The molecule has 0 spiro atoms. The van der Waals surface area contributed by atoms with Gasteiger partial charge in [-0.3, -0.25) is 9.78 Å². The molecule has 0 aliphatic carbocycles. The third-order valence-corrected chi connectivity index (χ3v) is 6.40. The molecule has 0 aliphatic rings. The van der Waals surface area contributed by atoms with E-state index in [9.17, 15) is 23.1 Å². The number of aromatic amines is 1. The van der Waals surface area contributed by atoms with Crippen LogP contribution in [0.2, 0.25) is 0 Å². The van der Waals surface area contributed by atoms with Crippen LogP contribution in [0.5, 0.6) is 5.75 Å². The zero-order valence-corrected chi connectivity index (χ0v) is 19.7. The summed E-state index contributed by atoms with van der Waals surface area (Å²) < 4.78 is 41.5. The number of rotatable bonds is 8. The number of ketones is 1. The highest BCUT2D eigenvalue weighted by molar-refractivity contribution is 5.90. The molecule has 4 nitrogen and oxygen atoms in total. The normalized spacial score (nSPS) is 12.1. The Hall–Kier alpha value is -4.39. The number of carbonyl (C=O) groups excluding carboxylic acids is 1. The van der Waals surface area contributed by atoms with Crippen molar-refractivity contribution in [1.29, 1.82) is 0 Å². The van der Waals surface area contributed by atoms with Gasteiger partial charge in [-0.2, -0.15) is 0 Å². The maximum Gasteiger partial charge on any atom is 0.138 e. The first-order valence-electron chi connectivity index (χ1n) is 11.8. The van der Waals surface area contributed by atoms with Crippen molar-refractivity contribution in [2.45, 2.75) is 25.2 Å². The molecule has 0 saturated heterocycles. The number of aromatic hydroxyl groups is 1. The van der Waals surface area contributed by atoms with Crippen LogP contribution in [0.1, 0.15) is 29.2 Å². The molecule has 37 heavy (non-hydrogen) atoms. The molecule has 1 atom stereocenters. The van der Waals surface area contributed by atoms with Crippen molar-refractivity contribution in [1.82, 2.24) is 9.97 Å². The first kappa shape index (κ1) is 24.3. The Bertz CT molecular complexity index is 1560. The van der Waals surface area contributed by atoms with Crippen molar-refractivity contribution in [3.63, 3.8) is 0 Å². The van der Waals surface area contributed by atoms with Crippen LogP contribution in [0.15, 0.2) is 85.2 Å². The Labute approximate surface area is 211 Å². The monoisotopic (exact) mass is 500 g/mol. The van der Waals surface area contributed by atoms with Crippen LogP contribution in [0.3, 0.4) is 0 Å². The molecule has 0 amide bonds. The van der Waals surface area contributed by atoms with Gasteiger partial charge in [0.05, 0.1) is 5.69 Å². The molecule has 0 fully saturated rings. The summed E-state index contributed by atoms with van der Waals surface area (Å²) in [7, 11) is 0. The lowest BCUT2D eigenvalue weighted by atomic mass is 9.86. The fourth-order valence-corrected chi connectivity index (χ4v) is 4.77. The number of H-pyrrole nitrogens is 1. The summed E-state index contributed by atoms with van der Waals surface area (Å²) in [6, 6.07) is 17.8. The van der Waals surface area contributed by atoms with Crippen LogP contribution in [0, 0.1) is 17.5 Å². The molecule has 0 bridgehead atoms. The van der Waals surface area contributed by atoms with Gasteiger partial charge >= 0.3 is 0 Å². The lowest BCUT2D eigenvalue weighted by Gasteiger charge is -2.20. The van der Waals surface area contributed by atoms with Crippen LogP contribution in [0.4, 0.5) is 13.2 Å².